The highest BCUT2D eigenvalue weighted by atomic mass is 79.9. The molecule has 2 atom stereocenters. The Labute approximate surface area is 153 Å². The Morgan fingerprint density at radius 2 is 1.91 bits per heavy atom. The number of hydrogen-bond donors (Lipinski definition) is 2. The Hall–Kier alpha value is -0.580. The van der Waals surface area contributed by atoms with Gasteiger partial charge in [-0.1, -0.05) is 40.9 Å². The van der Waals surface area contributed by atoms with E-state index in [4.69, 9.17) is 0 Å². The lowest BCUT2D eigenvalue weighted by Gasteiger charge is -2.34. The van der Waals surface area contributed by atoms with E-state index in [1.165, 1.54) is 5.56 Å². The van der Waals surface area contributed by atoms with Crippen LogP contribution < -0.4 is 10.6 Å². The summed E-state index contributed by atoms with van der Waals surface area (Å²) in [4.78, 5) is 13.1. The molecule has 1 amide bonds. The number of piperidine rings is 1. The van der Waals surface area contributed by atoms with Crippen LogP contribution in [0.2, 0.25) is 0 Å². The molecule has 23 heavy (non-hydrogen) atoms. The van der Waals surface area contributed by atoms with Crippen molar-refractivity contribution < 1.29 is 4.79 Å². The van der Waals surface area contributed by atoms with E-state index >= 15 is 0 Å². The van der Waals surface area contributed by atoms with Crippen LogP contribution in [0.1, 0.15) is 51.0 Å². The van der Waals surface area contributed by atoms with Gasteiger partial charge in [0, 0.05) is 16.6 Å². The molecule has 2 aliphatic rings. The molecule has 1 aliphatic carbocycles. The van der Waals surface area contributed by atoms with Crippen LogP contribution in [0.5, 0.6) is 0 Å². The predicted octanol–water partition coefficient (Wildman–Crippen LogP) is 3.94. The van der Waals surface area contributed by atoms with Crippen LogP contribution >= 0.6 is 28.3 Å². The minimum Gasteiger partial charge on any atom is -0.352 e. The van der Waals surface area contributed by atoms with Crippen molar-refractivity contribution in [3.8, 4) is 0 Å². The molecular weight excluding hydrogens is 376 g/mol. The first-order valence-electron chi connectivity index (χ1n) is 8.40. The predicted molar refractivity (Wildman–Crippen MR) is 100 cm³/mol. The highest BCUT2D eigenvalue weighted by Crippen LogP contribution is 2.42. The Morgan fingerprint density at radius 3 is 2.52 bits per heavy atom. The lowest BCUT2D eigenvalue weighted by atomic mass is 9.77. The summed E-state index contributed by atoms with van der Waals surface area (Å²) in [5, 5.41) is 6.80. The smallest absolute Gasteiger partial charge is 0.230 e. The quantitative estimate of drug-likeness (QED) is 0.805. The molecule has 5 heteroatoms. The van der Waals surface area contributed by atoms with Crippen molar-refractivity contribution in [3.63, 3.8) is 0 Å². The summed E-state index contributed by atoms with van der Waals surface area (Å²) in [7, 11) is 0. The second kappa shape index (κ2) is 8.00. The summed E-state index contributed by atoms with van der Waals surface area (Å²) >= 11 is 3.49. The highest BCUT2D eigenvalue weighted by molar-refractivity contribution is 9.10. The molecule has 1 saturated carbocycles. The van der Waals surface area contributed by atoms with Gasteiger partial charge in [-0.15, -0.1) is 12.4 Å². The van der Waals surface area contributed by atoms with E-state index in [-0.39, 0.29) is 23.7 Å². The van der Waals surface area contributed by atoms with Crippen LogP contribution in [0.25, 0.3) is 0 Å². The summed E-state index contributed by atoms with van der Waals surface area (Å²) in [6.45, 7) is 3.19. The van der Waals surface area contributed by atoms with Crippen molar-refractivity contribution in [2.45, 2.75) is 62.9 Å². The molecule has 3 rings (SSSR count). The van der Waals surface area contributed by atoms with Crippen LogP contribution in [-0.2, 0) is 10.2 Å². The Bertz CT molecular complexity index is 528. The van der Waals surface area contributed by atoms with Gasteiger partial charge in [-0.25, -0.2) is 0 Å². The van der Waals surface area contributed by atoms with E-state index in [2.05, 4.69) is 57.8 Å². The first-order valence-corrected chi connectivity index (χ1v) is 9.20. The zero-order valence-electron chi connectivity index (χ0n) is 13.6. The maximum atomic E-state index is 13.1. The number of halogens is 2. The zero-order valence-corrected chi connectivity index (χ0v) is 16.0. The maximum Gasteiger partial charge on any atom is 0.230 e. The molecule has 0 spiro atoms. The van der Waals surface area contributed by atoms with Gasteiger partial charge in [0.15, 0.2) is 0 Å². The van der Waals surface area contributed by atoms with Crippen molar-refractivity contribution >= 4 is 34.2 Å². The number of nitrogens with one attached hydrogen (secondary N) is 2. The minimum absolute atomic E-state index is 0. The van der Waals surface area contributed by atoms with E-state index in [0.717, 1.165) is 49.5 Å². The van der Waals surface area contributed by atoms with E-state index in [1.54, 1.807) is 0 Å². The fourth-order valence-electron chi connectivity index (χ4n) is 3.98. The third kappa shape index (κ3) is 4.09. The number of hydrogen-bond acceptors (Lipinski definition) is 2. The molecule has 1 aliphatic heterocycles. The monoisotopic (exact) mass is 400 g/mol. The first kappa shape index (κ1) is 18.8. The first-order chi connectivity index (χ1) is 10.6. The third-order valence-electron chi connectivity index (χ3n) is 5.25. The molecule has 0 radical (unpaired) electrons. The maximum absolute atomic E-state index is 13.1. The number of carbonyl (C=O) groups excluding carboxylic acids is 1. The largest absolute Gasteiger partial charge is 0.352 e. The highest BCUT2D eigenvalue weighted by Gasteiger charge is 2.43. The molecule has 3 nitrogen and oxygen atoms in total. The van der Waals surface area contributed by atoms with Gasteiger partial charge in [-0.2, -0.15) is 0 Å². The van der Waals surface area contributed by atoms with Gasteiger partial charge < -0.3 is 10.6 Å². The number of benzene rings is 1. The fourth-order valence-corrected chi connectivity index (χ4v) is 4.25. The van der Waals surface area contributed by atoms with Crippen molar-refractivity contribution in [1.29, 1.82) is 0 Å². The minimum atomic E-state index is -0.311. The zero-order chi connectivity index (χ0) is 15.6. The molecule has 1 aromatic rings. The van der Waals surface area contributed by atoms with Crippen LogP contribution in [0.3, 0.4) is 0 Å². The third-order valence-corrected chi connectivity index (χ3v) is 5.78. The lowest BCUT2D eigenvalue weighted by molar-refractivity contribution is -0.127. The molecule has 0 aromatic heterocycles. The molecule has 1 heterocycles. The Kier molecular flexibility index (Phi) is 6.52. The molecule has 0 bridgehead atoms. The van der Waals surface area contributed by atoms with Gasteiger partial charge in [0.25, 0.3) is 0 Å². The molecule has 2 unspecified atom stereocenters. The number of rotatable bonds is 3. The topological polar surface area (TPSA) is 41.1 Å². The molecule has 128 valence electrons. The van der Waals surface area contributed by atoms with Crippen molar-refractivity contribution in [1.82, 2.24) is 10.6 Å². The Balaban J connectivity index is 0.00000192. The second-order valence-electron chi connectivity index (χ2n) is 6.85. The van der Waals surface area contributed by atoms with E-state index in [1.807, 2.05) is 0 Å². The summed E-state index contributed by atoms with van der Waals surface area (Å²) in [6, 6.07) is 9.13. The van der Waals surface area contributed by atoms with Crippen LogP contribution in [-0.4, -0.2) is 24.5 Å². The van der Waals surface area contributed by atoms with Gasteiger partial charge in [0.1, 0.15) is 0 Å². The molecule has 1 saturated heterocycles. The van der Waals surface area contributed by atoms with Crippen LogP contribution in [0.15, 0.2) is 28.7 Å². The van der Waals surface area contributed by atoms with Gasteiger partial charge in [-0.05, 0) is 56.8 Å². The second-order valence-corrected chi connectivity index (χ2v) is 7.76. The fraction of sp³-hybridized carbons (Fsp3) is 0.611. The molecular formula is C18H26BrClN2O. The molecule has 2 fully saturated rings. The van der Waals surface area contributed by atoms with Gasteiger partial charge >= 0.3 is 0 Å². The SMILES string of the molecule is CC1CC(NC(=O)C2(c3ccc(Br)cc3)CCCC2)CCN1.Cl. The summed E-state index contributed by atoms with van der Waals surface area (Å²) in [5.74, 6) is 0.242. The molecule has 2 N–H and O–H groups in total. The average molecular weight is 402 g/mol. The van der Waals surface area contributed by atoms with Gasteiger partial charge in [-0.3, -0.25) is 4.79 Å². The average Bonchev–Trinajstić information content (AvgIpc) is 2.99. The number of carbonyl (C=O) groups is 1. The Morgan fingerprint density at radius 1 is 1.26 bits per heavy atom. The van der Waals surface area contributed by atoms with Crippen LogP contribution in [0, 0.1) is 0 Å². The summed E-state index contributed by atoms with van der Waals surface area (Å²) < 4.78 is 1.07. The van der Waals surface area contributed by atoms with Crippen LogP contribution in [0.4, 0.5) is 0 Å². The lowest BCUT2D eigenvalue weighted by Crippen LogP contribution is -2.51. The van der Waals surface area contributed by atoms with Gasteiger partial charge in [0.05, 0.1) is 5.41 Å². The molecule has 1 aromatic carbocycles. The number of amides is 1. The van der Waals surface area contributed by atoms with E-state index in [0.29, 0.717) is 12.1 Å². The summed E-state index contributed by atoms with van der Waals surface area (Å²) in [6.07, 6.45) is 6.30. The standard InChI is InChI=1S/C18H25BrN2O.ClH/c1-13-12-16(8-11-20-13)21-17(22)18(9-2-3-10-18)14-4-6-15(19)7-5-14;/h4-7,13,16,20H,2-3,8-12H2,1H3,(H,21,22);1H. The van der Waals surface area contributed by atoms with Gasteiger partial charge in [0.2, 0.25) is 5.91 Å². The van der Waals surface area contributed by atoms with Crippen molar-refractivity contribution in [3.05, 3.63) is 34.3 Å². The van der Waals surface area contributed by atoms with Crippen molar-refractivity contribution in [2.75, 3.05) is 6.54 Å². The normalized spacial score (nSPS) is 26.3. The van der Waals surface area contributed by atoms with E-state index < -0.39 is 0 Å². The summed E-state index contributed by atoms with van der Waals surface area (Å²) in [5.41, 5.74) is 0.863. The van der Waals surface area contributed by atoms with Crippen molar-refractivity contribution in [2.24, 2.45) is 0 Å². The van der Waals surface area contributed by atoms with E-state index in [9.17, 15) is 4.79 Å².